The first-order valence-corrected chi connectivity index (χ1v) is 19.0. The summed E-state index contributed by atoms with van der Waals surface area (Å²) in [6.45, 7) is 12.6. The maximum Gasteiger partial charge on any atom is 0.408 e. The Labute approximate surface area is 265 Å². The molecule has 3 atom stereocenters. The van der Waals surface area contributed by atoms with Gasteiger partial charge >= 0.3 is 6.09 Å². The standard InChI is InChI=1S/C31H55N3O8S2/c1-8-14-26(15-9-2)43(38,39)22-28(33-31(37)42-20-25-16-12-11-13-17-25)30(36)32-27(18-23(4)5)29(35)19-34(10-3)44(40,41)21-24(6)7/h11-13,16-17,23-24,26-29,35H,8-10,14-15,18-22H2,1-7H3,(H,32,36)(H,33,37)/t27-,28?,29+/m0/s1. The zero-order valence-electron chi connectivity index (χ0n) is 27.5. The molecular weight excluding hydrogens is 606 g/mol. The first kappa shape index (κ1) is 39.8. The normalized spacial score (nSPS) is 14.5. The molecule has 3 N–H and O–H groups in total. The van der Waals surface area contributed by atoms with Crippen molar-refractivity contribution in [1.29, 1.82) is 0 Å². The van der Waals surface area contributed by atoms with Crippen LogP contribution in [-0.4, -0.2) is 86.3 Å². The lowest BCUT2D eigenvalue weighted by molar-refractivity contribution is -0.124. The quantitative estimate of drug-likeness (QED) is 0.179. The van der Waals surface area contributed by atoms with Crippen LogP contribution in [-0.2, 0) is 36.0 Å². The van der Waals surface area contributed by atoms with Crippen molar-refractivity contribution in [2.45, 2.75) is 111 Å². The van der Waals surface area contributed by atoms with Crippen LogP contribution >= 0.6 is 0 Å². The molecule has 13 heteroatoms. The Morgan fingerprint density at radius 1 is 0.886 bits per heavy atom. The van der Waals surface area contributed by atoms with Crippen molar-refractivity contribution in [1.82, 2.24) is 14.9 Å². The number of hydrogen-bond donors (Lipinski definition) is 3. The van der Waals surface area contributed by atoms with Gasteiger partial charge in [0.1, 0.15) is 12.6 Å². The minimum Gasteiger partial charge on any atom is -0.445 e. The minimum atomic E-state index is -3.82. The fourth-order valence-corrected chi connectivity index (χ4v) is 9.00. The highest BCUT2D eigenvalue weighted by atomic mass is 32.2. The van der Waals surface area contributed by atoms with Crippen LogP contribution in [0, 0.1) is 11.8 Å². The molecule has 0 saturated carbocycles. The second-order valence-electron chi connectivity index (χ2n) is 12.2. The molecule has 0 spiro atoms. The van der Waals surface area contributed by atoms with Crippen molar-refractivity contribution in [3.63, 3.8) is 0 Å². The Morgan fingerprint density at radius 2 is 1.48 bits per heavy atom. The number of hydrogen-bond acceptors (Lipinski definition) is 8. The summed E-state index contributed by atoms with van der Waals surface area (Å²) >= 11 is 0. The van der Waals surface area contributed by atoms with E-state index >= 15 is 0 Å². The van der Waals surface area contributed by atoms with Gasteiger partial charge in [-0.25, -0.2) is 21.6 Å². The maximum atomic E-state index is 13.7. The molecule has 1 unspecified atom stereocenters. The van der Waals surface area contributed by atoms with Gasteiger partial charge in [-0.15, -0.1) is 0 Å². The summed E-state index contributed by atoms with van der Waals surface area (Å²) in [5, 5.41) is 15.7. The Hall–Kier alpha value is -2.22. The van der Waals surface area contributed by atoms with Crippen LogP contribution in [0.25, 0.3) is 0 Å². The Balaban J connectivity index is 3.26. The number of sulfonamides is 1. The van der Waals surface area contributed by atoms with E-state index in [1.807, 2.05) is 33.8 Å². The Morgan fingerprint density at radius 3 is 1.98 bits per heavy atom. The van der Waals surface area contributed by atoms with Crippen molar-refractivity contribution in [2.75, 3.05) is 24.6 Å². The summed E-state index contributed by atoms with van der Waals surface area (Å²) in [5.41, 5.74) is 0.718. The average molecular weight is 662 g/mol. The number of benzene rings is 1. The summed E-state index contributed by atoms with van der Waals surface area (Å²) in [6.07, 6.45) is 0.196. The number of aliphatic hydroxyl groups is 1. The van der Waals surface area contributed by atoms with E-state index in [1.54, 1.807) is 45.0 Å². The maximum absolute atomic E-state index is 13.7. The van der Waals surface area contributed by atoms with Gasteiger partial charge in [-0.2, -0.15) is 4.31 Å². The van der Waals surface area contributed by atoms with Crippen LogP contribution < -0.4 is 10.6 Å². The lowest BCUT2D eigenvalue weighted by Gasteiger charge is -2.31. The van der Waals surface area contributed by atoms with E-state index in [2.05, 4.69) is 10.6 Å². The summed E-state index contributed by atoms with van der Waals surface area (Å²) < 4.78 is 59.2. The van der Waals surface area contributed by atoms with Crippen molar-refractivity contribution in [3.05, 3.63) is 35.9 Å². The number of aliphatic hydroxyl groups excluding tert-OH is 1. The number of rotatable bonds is 21. The van der Waals surface area contributed by atoms with E-state index in [4.69, 9.17) is 4.74 Å². The predicted octanol–water partition coefficient (Wildman–Crippen LogP) is 3.86. The molecule has 44 heavy (non-hydrogen) atoms. The molecule has 0 saturated heterocycles. The van der Waals surface area contributed by atoms with Gasteiger partial charge in [0.25, 0.3) is 0 Å². The van der Waals surface area contributed by atoms with Gasteiger partial charge in [-0.3, -0.25) is 4.79 Å². The number of amides is 2. The SMILES string of the molecule is CCCC(CCC)S(=O)(=O)CC(NC(=O)OCc1ccccc1)C(=O)N[C@@H](CC(C)C)[C@H](O)CN(CC)S(=O)(=O)CC(C)C. The third-order valence-corrected chi connectivity index (χ3v) is 11.7. The fraction of sp³-hybridized carbons (Fsp3) is 0.742. The molecule has 2 amide bonds. The van der Waals surface area contributed by atoms with Gasteiger partial charge in [0.2, 0.25) is 15.9 Å². The van der Waals surface area contributed by atoms with Crippen LogP contribution in [0.1, 0.15) is 86.1 Å². The Kier molecular flexibility index (Phi) is 17.5. The summed E-state index contributed by atoms with van der Waals surface area (Å²) in [7, 11) is -7.47. The third kappa shape index (κ3) is 14.3. The van der Waals surface area contributed by atoms with Crippen LogP contribution in [0.15, 0.2) is 30.3 Å². The number of carbonyl (C=O) groups excluding carboxylic acids is 2. The topological polar surface area (TPSA) is 159 Å². The molecule has 11 nitrogen and oxygen atoms in total. The summed E-state index contributed by atoms with van der Waals surface area (Å²) in [4.78, 5) is 26.5. The number of ether oxygens (including phenoxy) is 1. The highest BCUT2D eigenvalue weighted by molar-refractivity contribution is 7.92. The highest BCUT2D eigenvalue weighted by Gasteiger charge is 2.35. The van der Waals surface area contributed by atoms with Crippen molar-refractivity contribution in [3.8, 4) is 0 Å². The number of nitrogens with one attached hydrogen (secondary N) is 2. The van der Waals surface area contributed by atoms with E-state index in [0.29, 0.717) is 32.1 Å². The highest BCUT2D eigenvalue weighted by Crippen LogP contribution is 2.18. The largest absolute Gasteiger partial charge is 0.445 e. The zero-order chi connectivity index (χ0) is 33.5. The van der Waals surface area contributed by atoms with Crippen LogP contribution in [0.4, 0.5) is 4.79 Å². The molecule has 0 heterocycles. The zero-order valence-corrected chi connectivity index (χ0v) is 29.1. The number of sulfone groups is 1. The number of carbonyl (C=O) groups is 2. The molecule has 0 aliphatic heterocycles. The molecule has 0 aromatic heterocycles. The molecule has 1 aromatic carbocycles. The molecule has 0 aliphatic rings. The van der Waals surface area contributed by atoms with E-state index in [0.717, 1.165) is 5.56 Å². The predicted molar refractivity (Wildman–Crippen MR) is 174 cm³/mol. The average Bonchev–Trinajstić information content (AvgIpc) is 2.93. The molecule has 0 bridgehead atoms. The smallest absolute Gasteiger partial charge is 0.408 e. The van der Waals surface area contributed by atoms with Crippen molar-refractivity contribution in [2.24, 2.45) is 11.8 Å². The summed E-state index contributed by atoms with van der Waals surface area (Å²) in [5.74, 6) is -1.63. The van der Waals surface area contributed by atoms with Gasteiger partial charge < -0.3 is 20.5 Å². The number of alkyl carbamates (subject to hydrolysis) is 1. The van der Waals surface area contributed by atoms with E-state index in [-0.39, 0.29) is 37.3 Å². The van der Waals surface area contributed by atoms with E-state index < -0.39 is 61.1 Å². The molecule has 0 fully saturated rings. The van der Waals surface area contributed by atoms with Crippen LogP contribution in [0.5, 0.6) is 0 Å². The second-order valence-corrected chi connectivity index (χ2v) is 16.6. The lowest BCUT2D eigenvalue weighted by atomic mass is 9.98. The van der Waals surface area contributed by atoms with Gasteiger partial charge in [0.05, 0.1) is 28.9 Å². The number of likely N-dealkylation sites (N-methyl/N-ethyl adjacent to an activating group) is 1. The van der Waals surface area contributed by atoms with Crippen molar-refractivity contribution < 1.29 is 36.3 Å². The van der Waals surface area contributed by atoms with Gasteiger partial charge in [-0.1, -0.05) is 91.6 Å². The first-order chi connectivity index (χ1) is 20.6. The molecule has 1 rings (SSSR count). The minimum absolute atomic E-state index is 0.00164. The molecule has 0 radical (unpaired) electrons. The van der Waals surface area contributed by atoms with Gasteiger partial charge in [0.15, 0.2) is 9.84 Å². The Bertz CT molecular complexity index is 1200. The molecular formula is C31H55N3O8S2. The van der Waals surface area contributed by atoms with Gasteiger partial charge in [0, 0.05) is 13.1 Å². The molecule has 1 aromatic rings. The van der Waals surface area contributed by atoms with E-state index in [9.17, 15) is 31.5 Å². The number of nitrogens with zero attached hydrogens (tertiary/aromatic N) is 1. The summed E-state index contributed by atoms with van der Waals surface area (Å²) in [6, 6.07) is 6.53. The van der Waals surface area contributed by atoms with E-state index in [1.165, 1.54) is 4.31 Å². The molecule has 254 valence electrons. The monoisotopic (exact) mass is 661 g/mol. The molecule has 0 aliphatic carbocycles. The first-order valence-electron chi connectivity index (χ1n) is 15.7. The van der Waals surface area contributed by atoms with Gasteiger partial charge in [-0.05, 0) is 36.7 Å². The van der Waals surface area contributed by atoms with Crippen LogP contribution in [0.2, 0.25) is 0 Å². The third-order valence-electron chi connectivity index (χ3n) is 7.15. The fourth-order valence-electron chi connectivity index (χ4n) is 5.01. The van der Waals surface area contributed by atoms with Crippen molar-refractivity contribution >= 4 is 31.9 Å². The lowest BCUT2D eigenvalue weighted by Crippen LogP contribution is -2.57. The van der Waals surface area contributed by atoms with Crippen LogP contribution in [0.3, 0.4) is 0 Å². The second kappa shape index (κ2) is 19.3.